The summed E-state index contributed by atoms with van der Waals surface area (Å²) in [4.78, 5) is 15.9. The zero-order valence-corrected chi connectivity index (χ0v) is 8.14. The number of nitrogens with one attached hydrogen (secondary N) is 1. The van der Waals surface area contributed by atoms with Crippen molar-refractivity contribution in [3.05, 3.63) is 0 Å². The summed E-state index contributed by atoms with van der Waals surface area (Å²) >= 11 is 0. The molecule has 0 aliphatic rings. The van der Waals surface area contributed by atoms with E-state index in [0.717, 1.165) is 0 Å². The molecule has 0 rings (SSSR count). The summed E-state index contributed by atoms with van der Waals surface area (Å²) in [6.45, 7) is 7.98. The second-order valence-electron chi connectivity index (χ2n) is 3.38. The number of carbonyl (C=O) groups is 1. The van der Waals surface area contributed by atoms with Gasteiger partial charge in [0.25, 0.3) is 5.91 Å². The van der Waals surface area contributed by atoms with Gasteiger partial charge in [-0.05, 0) is 27.7 Å². The van der Waals surface area contributed by atoms with Gasteiger partial charge in [0.15, 0.2) is 0 Å². The van der Waals surface area contributed by atoms with Gasteiger partial charge in [-0.25, -0.2) is 5.48 Å². The van der Waals surface area contributed by atoms with Crippen LogP contribution in [0.4, 0.5) is 0 Å². The number of hydroxylamine groups is 1. The average molecular weight is 175 g/mol. The Morgan fingerprint density at radius 2 is 2.00 bits per heavy atom. The highest BCUT2D eigenvalue weighted by atomic mass is 16.7. The van der Waals surface area contributed by atoms with Gasteiger partial charge in [0, 0.05) is 6.61 Å². The standard InChI is InChI=1S/C8H17NO3/c1-5-11-6-7(10)9-12-8(2,3)4/h5-6H2,1-4H3,(H,9,10). The molecule has 0 unspecified atom stereocenters. The van der Waals surface area contributed by atoms with Crippen LogP contribution in [-0.4, -0.2) is 24.7 Å². The second kappa shape index (κ2) is 5.11. The summed E-state index contributed by atoms with van der Waals surface area (Å²) in [7, 11) is 0. The van der Waals surface area contributed by atoms with E-state index in [0.29, 0.717) is 6.61 Å². The quantitative estimate of drug-likeness (QED) is 0.645. The SMILES string of the molecule is CCOCC(=O)NOC(C)(C)C. The van der Waals surface area contributed by atoms with Gasteiger partial charge < -0.3 is 4.74 Å². The van der Waals surface area contributed by atoms with Crippen LogP contribution < -0.4 is 5.48 Å². The van der Waals surface area contributed by atoms with Gasteiger partial charge in [0.05, 0.1) is 5.60 Å². The van der Waals surface area contributed by atoms with Gasteiger partial charge in [-0.3, -0.25) is 9.63 Å². The lowest BCUT2D eigenvalue weighted by Crippen LogP contribution is -2.35. The lowest BCUT2D eigenvalue weighted by molar-refractivity contribution is -0.149. The first-order chi connectivity index (χ1) is 5.45. The molecule has 0 atom stereocenters. The predicted octanol–water partition coefficient (Wildman–Crippen LogP) is 0.869. The van der Waals surface area contributed by atoms with Crippen LogP contribution in [0.2, 0.25) is 0 Å². The highest BCUT2D eigenvalue weighted by Crippen LogP contribution is 2.02. The molecule has 0 aromatic carbocycles. The molecule has 0 bridgehead atoms. The van der Waals surface area contributed by atoms with Crippen LogP contribution in [0.1, 0.15) is 27.7 Å². The van der Waals surface area contributed by atoms with Crippen LogP contribution in [0.3, 0.4) is 0 Å². The second-order valence-corrected chi connectivity index (χ2v) is 3.38. The molecule has 0 fully saturated rings. The molecule has 0 spiro atoms. The Balaban J connectivity index is 3.44. The number of ether oxygens (including phenoxy) is 1. The molecule has 72 valence electrons. The van der Waals surface area contributed by atoms with E-state index in [9.17, 15) is 4.79 Å². The van der Waals surface area contributed by atoms with Gasteiger partial charge in [-0.1, -0.05) is 0 Å². The third-order valence-corrected chi connectivity index (χ3v) is 0.908. The highest BCUT2D eigenvalue weighted by Gasteiger charge is 2.12. The fourth-order valence-corrected chi connectivity index (χ4v) is 0.434. The molecule has 0 aliphatic heterocycles. The smallest absolute Gasteiger partial charge is 0.269 e. The van der Waals surface area contributed by atoms with Crippen LogP contribution >= 0.6 is 0 Å². The van der Waals surface area contributed by atoms with Crippen molar-refractivity contribution < 1.29 is 14.4 Å². The number of hydrogen-bond acceptors (Lipinski definition) is 3. The van der Waals surface area contributed by atoms with E-state index in [2.05, 4.69) is 5.48 Å². The zero-order valence-electron chi connectivity index (χ0n) is 8.14. The molecule has 0 heterocycles. The molecule has 0 saturated heterocycles. The molecule has 0 aromatic rings. The Hall–Kier alpha value is -0.610. The average Bonchev–Trinajstić information content (AvgIpc) is 1.95. The molecule has 1 amide bonds. The van der Waals surface area contributed by atoms with E-state index in [-0.39, 0.29) is 18.1 Å². The maximum absolute atomic E-state index is 10.9. The minimum Gasteiger partial charge on any atom is -0.372 e. The zero-order chi connectivity index (χ0) is 9.61. The molecule has 0 aromatic heterocycles. The topological polar surface area (TPSA) is 47.6 Å². The van der Waals surface area contributed by atoms with Gasteiger partial charge in [0.2, 0.25) is 0 Å². The summed E-state index contributed by atoms with van der Waals surface area (Å²) in [5, 5.41) is 0. The Bertz CT molecular complexity index is 140. The summed E-state index contributed by atoms with van der Waals surface area (Å²) in [5.74, 6) is -0.258. The van der Waals surface area contributed by atoms with Crippen LogP contribution in [-0.2, 0) is 14.4 Å². The van der Waals surface area contributed by atoms with E-state index >= 15 is 0 Å². The summed E-state index contributed by atoms with van der Waals surface area (Å²) < 4.78 is 4.87. The Morgan fingerprint density at radius 1 is 1.42 bits per heavy atom. The van der Waals surface area contributed by atoms with Crippen LogP contribution in [0.15, 0.2) is 0 Å². The van der Waals surface area contributed by atoms with E-state index in [1.165, 1.54) is 0 Å². The molecule has 12 heavy (non-hydrogen) atoms. The van der Waals surface area contributed by atoms with Crippen molar-refractivity contribution >= 4 is 5.91 Å². The molecule has 4 heteroatoms. The third kappa shape index (κ3) is 7.50. The fourth-order valence-electron chi connectivity index (χ4n) is 0.434. The van der Waals surface area contributed by atoms with Crippen LogP contribution in [0.25, 0.3) is 0 Å². The van der Waals surface area contributed by atoms with E-state index < -0.39 is 0 Å². The van der Waals surface area contributed by atoms with Gasteiger partial charge >= 0.3 is 0 Å². The lowest BCUT2D eigenvalue weighted by Gasteiger charge is -2.18. The normalized spacial score (nSPS) is 11.3. The predicted molar refractivity (Wildman–Crippen MR) is 45.5 cm³/mol. The maximum atomic E-state index is 10.9. The Kier molecular flexibility index (Phi) is 4.85. The highest BCUT2D eigenvalue weighted by molar-refractivity contribution is 5.76. The van der Waals surface area contributed by atoms with Crippen molar-refractivity contribution in [2.24, 2.45) is 0 Å². The van der Waals surface area contributed by atoms with Gasteiger partial charge in [-0.15, -0.1) is 0 Å². The third-order valence-electron chi connectivity index (χ3n) is 0.908. The first-order valence-corrected chi connectivity index (χ1v) is 4.00. The molecular formula is C8H17NO3. The van der Waals surface area contributed by atoms with Crippen LogP contribution in [0, 0.1) is 0 Å². The molecule has 1 N–H and O–H groups in total. The van der Waals surface area contributed by atoms with Crippen molar-refractivity contribution in [3.63, 3.8) is 0 Å². The molecular weight excluding hydrogens is 158 g/mol. The van der Waals surface area contributed by atoms with Crippen molar-refractivity contribution in [3.8, 4) is 0 Å². The van der Waals surface area contributed by atoms with E-state index in [1.807, 2.05) is 27.7 Å². The van der Waals surface area contributed by atoms with Crippen molar-refractivity contribution in [2.75, 3.05) is 13.2 Å². The number of hydrogen-bond donors (Lipinski definition) is 1. The van der Waals surface area contributed by atoms with Gasteiger partial charge in [0.1, 0.15) is 6.61 Å². The monoisotopic (exact) mass is 175 g/mol. The van der Waals surface area contributed by atoms with E-state index in [4.69, 9.17) is 9.57 Å². The fraction of sp³-hybridized carbons (Fsp3) is 0.875. The lowest BCUT2D eigenvalue weighted by atomic mass is 10.2. The summed E-state index contributed by atoms with van der Waals surface area (Å²) in [6, 6.07) is 0. The number of amides is 1. The summed E-state index contributed by atoms with van der Waals surface area (Å²) in [5.41, 5.74) is 1.93. The Labute approximate surface area is 73.2 Å². The van der Waals surface area contributed by atoms with Crippen LogP contribution in [0.5, 0.6) is 0 Å². The Morgan fingerprint density at radius 3 is 2.42 bits per heavy atom. The van der Waals surface area contributed by atoms with E-state index in [1.54, 1.807) is 0 Å². The largest absolute Gasteiger partial charge is 0.372 e. The first-order valence-electron chi connectivity index (χ1n) is 4.00. The number of rotatable bonds is 4. The summed E-state index contributed by atoms with van der Waals surface area (Å²) in [6.07, 6.45) is 0. The molecule has 4 nitrogen and oxygen atoms in total. The minimum atomic E-state index is -0.359. The van der Waals surface area contributed by atoms with Crippen molar-refractivity contribution in [2.45, 2.75) is 33.3 Å². The van der Waals surface area contributed by atoms with Gasteiger partial charge in [-0.2, -0.15) is 0 Å². The van der Waals surface area contributed by atoms with Crippen molar-refractivity contribution in [1.29, 1.82) is 0 Å². The number of carbonyl (C=O) groups excluding carboxylic acids is 1. The minimum absolute atomic E-state index is 0.0482. The maximum Gasteiger partial charge on any atom is 0.269 e. The molecule has 0 saturated carbocycles. The molecule has 0 radical (unpaired) electrons. The first kappa shape index (κ1) is 11.4. The molecule has 0 aliphatic carbocycles. The van der Waals surface area contributed by atoms with Crippen molar-refractivity contribution in [1.82, 2.24) is 5.48 Å².